The Balaban J connectivity index is 3.01. The molecule has 4 nitrogen and oxygen atoms in total. The second-order valence-corrected chi connectivity index (χ2v) is 3.55. The number of nitrogens with one attached hydrogen (secondary N) is 3. The van der Waals surface area contributed by atoms with Gasteiger partial charge in [0, 0.05) is 13.1 Å². The summed E-state index contributed by atoms with van der Waals surface area (Å²) in [6.45, 7) is 7.68. The number of rotatable bonds is 9. The summed E-state index contributed by atoms with van der Waals surface area (Å²) in [4.78, 5) is 11.0. The van der Waals surface area contributed by atoms with E-state index in [1.54, 1.807) is 0 Å². The highest BCUT2D eigenvalue weighted by molar-refractivity contribution is 5.73. The second-order valence-electron chi connectivity index (χ2n) is 3.55. The number of amides is 2. The molecule has 2 amide bonds. The Labute approximate surface area is 93.2 Å². The molecule has 0 aliphatic heterocycles. The SMILES string of the molecule is CCNCCCCCCNC(=O)NCC. The van der Waals surface area contributed by atoms with Gasteiger partial charge in [-0.2, -0.15) is 0 Å². The lowest BCUT2D eigenvalue weighted by Crippen LogP contribution is -2.35. The van der Waals surface area contributed by atoms with Crippen molar-refractivity contribution in [3.05, 3.63) is 0 Å². The number of hydrogen-bond acceptors (Lipinski definition) is 2. The van der Waals surface area contributed by atoms with Crippen LogP contribution in [0, 0.1) is 0 Å². The molecule has 0 heterocycles. The van der Waals surface area contributed by atoms with Crippen LogP contribution in [0.4, 0.5) is 4.79 Å². The number of carbonyl (C=O) groups excluding carboxylic acids is 1. The van der Waals surface area contributed by atoms with Crippen molar-refractivity contribution < 1.29 is 4.79 Å². The molecule has 0 radical (unpaired) electrons. The van der Waals surface area contributed by atoms with E-state index in [2.05, 4.69) is 22.9 Å². The molecule has 4 heteroatoms. The number of unbranched alkanes of at least 4 members (excludes halogenated alkanes) is 3. The molecule has 0 bridgehead atoms. The third kappa shape index (κ3) is 11.2. The van der Waals surface area contributed by atoms with E-state index in [9.17, 15) is 4.79 Å². The zero-order chi connectivity index (χ0) is 11.4. The van der Waals surface area contributed by atoms with Gasteiger partial charge >= 0.3 is 6.03 Å². The molecular weight excluding hydrogens is 190 g/mol. The molecule has 0 aliphatic rings. The molecule has 0 atom stereocenters. The molecule has 0 aliphatic carbocycles. The second kappa shape index (κ2) is 11.3. The van der Waals surface area contributed by atoms with E-state index in [0.717, 1.165) is 26.1 Å². The van der Waals surface area contributed by atoms with Gasteiger partial charge in [-0.25, -0.2) is 4.79 Å². The Bertz CT molecular complexity index is 151. The van der Waals surface area contributed by atoms with Crippen molar-refractivity contribution >= 4 is 6.03 Å². The smallest absolute Gasteiger partial charge is 0.314 e. The highest BCUT2D eigenvalue weighted by Gasteiger charge is 1.95. The van der Waals surface area contributed by atoms with Crippen LogP contribution in [0.5, 0.6) is 0 Å². The van der Waals surface area contributed by atoms with Crippen LogP contribution >= 0.6 is 0 Å². The molecule has 0 aromatic carbocycles. The summed E-state index contributed by atoms with van der Waals surface area (Å²) in [5.41, 5.74) is 0. The maximum absolute atomic E-state index is 11.0. The molecule has 0 aromatic rings. The summed E-state index contributed by atoms with van der Waals surface area (Å²) in [6, 6.07) is -0.0508. The van der Waals surface area contributed by atoms with Gasteiger partial charge < -0.3 is 16.0 Å². The molecule has 0 saturated heterocycles. The van der Waals surface area contributed by atoms with Gasteiger partial charge in [0.2, 0.25) is 0 Å². The summed E-state index contributed by atoms with van der Waals surface area (Å²) in [7, 11) is 0. The molecule has 0 aromatic heterocycles. The molecular formula is C11H25N3O. The van der Waals surface area contributed by atoms with Crippen molar-refractivity contribution in [3.8, 4) is 0 Å². The zero-order valence-corrected chi connectivity index (χ0v) is 10.1. The van der Waals surface area contributed by atoms with Gasteiger partial charge in [0.05, 0.1) is 0 Å². The quantitative estimate of drug-likeness (QED) is 0.510. The van der Waals surface area contributed by atoms with Crippen molar-refractivity contribution in [2.45, 2.75) is 39.5 Å². The summed E-state index contributed by atoms with van der Waals surface area (Å²) in [5, 5.41) is 8.82. The first kappa shape index (κ1) is 14.2. The maximum atomic E-state index is 11.0. The molecule has 15 heavy (non-hydrogen) atoms. The lowest BCUT2D eigenvalue weighted by Gasteiger charge is -2.05. The van der Waals surface area contributed by atoms with Crippen LogP contribution in [-0.2, 0) is 0 Å². The Morgan fingerprint density at radius 1 is 0.867 bits per heavy atom. The van der Waals surface area contributed by atoms with Gasteiger partial charge in [0.1, 0.15) is 0 Å². The number of carbonyl (C=O) groups is 1. The van der Waals surface area contributed by atoms with E-state index in [0.29, 0.717) is 6.54 Å². The fourth-order valence-corrected chi connectivity index (χ4v) is 1.33. The summed E-state index contributed by atoms with van der Waals surface area (Å²) in [6.07, 6.45) is 4.74. The zero-order valence-electron chi connectivity index (χ0n) is 10.1. The van der Waals surface area contributed by atoms with Crippen molar-refractivity contribution in [3.63, 3.8) is 0 Å². The standard InChI is InChI=1S/C11H25N3O/c1-3-12-9-7-5-6-8-10-14-11(15)13-4-2/h12H,3-10H2,1-2H3,(H2,13,14,15). The Morgan fingerprint density at radius 2 is 1.53 bits per heavy atom. The largest absolute Gasteiger partial charge is 0.338 e. The van der Waals surface area contributed by atoms with Gasteiger partial charge in [-0.05, 0) is 32.9 Å². The van der Waals surface area contributed by atoms with E-state index in [1.807, 2.05) is 6.92 Å². The van der Waals surface area contributed by atoms with Crippen LogP contribution in [0.15, 0.2) is 0 Å². The van der Waals surface area contributed by atoms with Gasteiger partial charge in [-0.15, -0.1) is 0 Å². The van der Waals surface area contributed by atoms with Gasteiger partial charge in [0.15, 0.2) is 0 Å². The molecule has 3 N–H and O–H groups in total. The molecule has 0 rings (SSSR count). The molecule has 0 fully saturated rings. The predicted molar refractivity (Wildman–Crippen MR) is 64.1 cm³/mol. The van der Waals surface area contributed by atoms with Crippen LogP contribution < -0.4 is 16.0 Å². The van der Waals surface area contributed by atoms with Gasteiger partial charge in [-0.1, -0.05) is 19.8 Å². The Kier molecular flexibility index (Phi) is 10.7. The Morgan fingerprint density at radius 3 is 2.13 bits per heavy atom. The normalized spacial score (nSPS) is 10.0. The molecule has 90 valence electrons. The van der Waals surface area contributed by atoms with Crippen molar-refractivity contribution in [1.29, 1.82) is 0 Å². The highest BCUT2D eigenvalue weighted by atomic mass is 16.2. The van der Waals surface area contributed by atoms with Gasteiger partial charge in [0.25, 0.3) is 0 Å². The van der Waals surface area contributed by atoms with Gasteiger partial charge in [-0.3, -0.25) is 0 Å². The van der Waals surface area contributed by atoms with E-state index >= 15 is 0 Å². The van der Waals surface area contributed by atoms with Crippen LogP contribution in [0.25, 0.3) is 0 Å². The number of urea groups is 1. The third-order valence-electron chi connectivity index (χ3n) is 2.15. The first-order valence-corrected chi connectivity index (χ1v) is 6.03. The fraction of sp³-hybridized carbons (Fsp3) is 0.909. The molecule has 0 spiro atoms. The first-order chi connectivity index (χ1) is 7.31. The average molecular weight is 215 g/mol. The molecule has 0 saturated carbocycles. The minimum Gasteiger partial charge on any atom is -0.338 e. The number of hydrogen-bond donors (Lipinski definition) is 3. The van der Waals surface area contributed by atoms with Crippen LogP contribution in [0.3, 0.4) is 0 Å². The van der Waals surface area contributed by atoms with E-state index in [-0.39, 0.29) is 6.03 Å². The van der Waals surface area contributed by atoms with Crippen molar-refractivity contribution in [2.24, 2.45) is 0 Å². The predicted octanol–water partition coefficient (Wildman–Crippen LogP) is 1.48. The summed E-state index contributed by atoms with van der Waals surface area (Å²) in [5.74, 6) is 0. The average Bonchev–Trinajstić information content (AvgIpc) is 2.22. The fourth-order valence-electron chi connectivity index (χ4n) is 1.33. The monoisotopic (exact) mass is 215 g/mol. The summed E-state index contributed by atoms with van der Waals surface area (Å²) >= 11 is 0. The van der Waals surface area contributed by atoms with E-state index in [1.165, 1.54) is 19.3 Å². The van der Waals surface area contributed by atoms with E-state index < -0.39 is 0 Å². The lowest BCUT2D eigenvalue weighted by atomic mass is 10.2. The van der Waals surface area contributed by atoms with Crippen LogP contribution in [0.1, 0.15) is 39.5 Å². The first-order valence-electron chi connectivity index (χ1n) is 6.03. The van der Waals surface area contributed by atoms with Crippen molar-refractivity contribution in [2.75, 3.05) is 26.2 Å². The minimum atomic E-state index is -0.0508. The summed E-state index contributed by atoms with van der Waals surface area (Å²) < 4.78 is 0. The minimum absolute atomic E-state index is 0.0508. The maximum Gasteiger partial charge on any atom is 0.314 e. The van der Waals surface area contributed by atoms with Crippen LogP contribution in [-0.4, -0.2) is 32.2 Å². The third-order valence-corrected chi connectivity index (χ3v) is 2.15. The lowest BCUT2D eigenvalue weighted by molar-refractivity contribution is 0.241. The highest BCUT2D eigenvalue weighted by Crippen LogP contribution is 1.97. The topological polar surface area (TPSA) is 53.2 Å². The van der Waals surface area contributed by atoms with Crippen molar-refractivity contribution in [1.82, 2.24) is 16.0 Å². The molecule has 0 unspecified atom stereocenters. The van der Waals surface area contributed by atoms with Crippen LogP contribution in [0.2, 0.25) is 0 Å². The Hall–Kier alpha value is -0.770. The van der Waals surface area contributed by atoms with E-state index in [4.69, 9.17) is 0 Å².